The van der Waals surface area contributed by atoms with Crippen LogP contribution in [0, 0.1) is 0 Å². The molecule has 1 N–H and O–H groups in total. The number of benzene rings is 3. The molecular formula is C32H34N2O4. The lowest BCUT2D eigenvalue weighted by Crippen LogP contribution is -2.46. The van der Waals surface area contributed by atoms with Gasteiger partial charge in [-0.3, -0.25) is 9.69 Å². The van der Waals surface area contributed by atoms with Crippen molar-refractivity contribution in [2.24, 2.45) is 0 Å². The van der Waals surface area contributed by atoms with E-state index in [1.807, 2.05) is 66.7 Å². The minimum Gasteiger partial charge on any atom is -0.478 e. The van der Waals surface area contributed by atoms with Crippen LogP contribution in [0.25, 0.3) is 17.2 Å². The Hall–Kier alpha value is -4.00. The van der Waals surface area contributed by atoms with Gasteiger partial charge in [0.15, 0.2) is 0 Å². The third-order valence-corrected chi connectivity index (χ3v) is 6.72. The SMILES string of the molecule is CCC(=C(c1ccc(C=CC(=O)O)cc1)c1ccc(OC(=O)CN2CCN(C)CC2)cc1)c1ccccc1. The highest BCUT2D eigenvalue weighted by Crippen LogP contribution is 2.35. The van der Waals surface area contributed by atoms with Gasteiger partial charge in [0.05, 0.1) is 6.54 Å². The number of carboxylic acids is 1. The number of carbonyl (C=O) groups excluding carboxylic acids is 1. The smallest absolute Gasteiger partial charge is 0.328 e. The first-order chi connectivity index (χ1) is 18.4. The number of carboxylic acid groups (broad SMARTS) is 1. The van der Waals surface area contributed by atoms with Crippen LogP contribution in [0.1, 0.15) is 35.6 Å². The number of hydrogen-bond donors (Lipinski definition) is 1. The molecule has 0 radical (unpaired) electrons. The summed E-state index contributed by atoms with van der Waals surface area (Å²) in [4.78, 5) is 27.8. The Kier molecular flexibility index (Phi) is 9.25. The molecule has 1 saturated heterocycles. The van der Waals surface area contributed by atoms with Crippen molar-refractivity contribution in [2.75, 3.05) is 39.8 Å². The normalized spacial score (nSPS) is 15.3. The van der Waals surface area contributed by atoms with E-state index in [0.717, 1.165) is 66.5 Å². The highest BCUT2D eigenvalue weighted by atomic mass is 16.5. The Bertz CT molecular complexity index is 1290. The second-order valence-electron chi connectivity index (χ2n) is 9.44. The Balaban J connectivity index is 1.60. The van der Waals surface area contributed by atoms with Crippen molar-refractivity contribution in [2.45, 2.75) is 13.3 Å². The van der Waals surface area contributed by atoms with Crippen LogP contribution in [0.15, 0.2) is 84.9 Å². The monoisotopic (exact) mass is 510 g/mol. The molecular weight excluding hydrogens is 476 g/mol. The van der Waals surface area contributed by atoms with Gasteiger partial charge in [-0.1, -0.05) is 73.7 Å². The summed E-state index contributed by atoms with van der Waals surface area (Å²) in [6, 6.07) is 25.8. The Morgan fingerprint density at radius 2 is 1.45 bits per heavy atom. The largest absolute Gasteiger partial charge is 0.478 e. The van der Waals surface area contributed by atoms with Crippen LogP contribution in [0.2, 0.25) is 0 Å². The van der Waals surface area contributed by atoms with Gasteiger partial charge >= 0.3 is 11.9 Å². The zero-order valence-corrected chi connectivity index (χ0v) is 22.0. The van der Waals surface area contributed by atoms with Crippen molar-refractivity contribution in [3.8, 4) is 5.75 Å². The second-order valence-corrected chi connectivity index (χ2v) is 9.44. The molecule has 38 heavy (non-hydrogen) atoms. The van der Waals surface area contributed by atoms with Crippen LogP contribution in [0.5, 0.6) is 5.75 Å². The standard InChI is InChI=1S/C32H34N2O4/c1-3-29(25-7-5-4-6-8-25)32(26-12-9-24(10-13-26)11-18-30(35)36)27-14-16-28(17-15-27)38-31(37)23-34-21-19-33(2)20-22-34/h4-18H,3,19-23H2,1-2H3,(H,35,36). The molecule has 3 aromatic rings. The van der Waals surface area contributed by atoms with E-state index < -0.39 is 5.97 Å². The first-order valence-corrected chi connectivity index (χ1v) is 12.9. The van der Waals surface area contributed by atoms with Crippen LogP contribution < -0.4 is 4.74 Å². The summed E-state index contributed by atoms with van der Waals surface area (Å²) in [7, 11) is 2.09. The number of likely N-dealkylation sites (N-methyl/N-ethyl adjacent to an activating group) is 1. The third-order valence-electron chi connectivity index (χ3n) is 6.72. The van der Waals surface area contributed by atoms with E-state index in [1.54, 1.807) is 6.08 Å². The lowest BCUT2D eigenvalue weighted by atomic mass is 9.88. The van der Waals surface area contributed by atoms with E-state index in [0.29, 0.717) is 5.75 Å². The maximum atomic E-state index is 12.5. The fraction of sp³-hybridized carbons (Fsp3) is 0.250. The topological polar surface area (TPSA) is 70.1 Å². The van der Waals surface area contributed by atoms with Crippen LogP contribution in [-0.4, -0.2) is 66.6 Å². The van der Waals surface area contributed by atoms with Gasteiger partial charge in [0.2, 0.25) is 0 Å². The fourth-order valence-electron chi connectivity index (χ4n) is 4.65. The molecule has 0 saturated carbocycles. The second kappa shape index (κ2) is 13.0. The molecule has 1 aliphatic heterocycles. The number of rotatable bonds is 9. The molecule has 0 unspecified atom stereocenters. The molecule has 0 amide bonds. The van der Waals surface area contributed by atoms with E-state index in [2.05, 4.69) is 35.9 Å². The zero-order chi connectivity index (χ0) is 26.9. The van der Waals surface area contributed by atoms with Crippen LogP contribution >= 0.6 is 0 Å². The van der Waals surface area contributed by atoms with E-state index in [-0.39, 0.29) is 12.5 Å². The number of esters is 1. The van der Waals surface area contributed by atoms with Crippen molar-refractivity contribution in [3.63, 3.8) is 0 Å². The minimum absolute atomic E-state index is 0.249. The number of piperazine rings is 1. The molecule has 4 rings (SSSR count). The number of ether oxygens (including phenoxy) is 1. The summed E-state index contributed by atoms with van der Waals surface area (Å²) in [6.07, 6.45) is 3.54. The number of nitrogens with zero attached hydrogens (tertiary/aromatic N) is 2. The highest BCUT2D eigenvalue weighted by Gasteiger charge is 2.18. The highest BCUT2D eigenvalue weighted by molar-refractivity contribution is 5.98. The molecule has 0 bridgehead atoms. The molecule has 3 aromatic carbocycles. The third kappa shape index (κ3) is 7.28. The van der Waals surface area contributed by atoms with E-state index in [1.165, 1.54) is 5.57 Å². The number of carbonyl (C=O) groups is 2. The molecule has 6 nitrogen and oxygen atoms in total. The maximum Gasteiger partial charge on any atom is 0.328 e. The summed E-state index contributed by atoms with van der Waals surface area (Å²) >= 11 is 0. The quantitative estimate of drug-likeness (QED) is 0.182. The summed E-state index contributed by atoms with van der Waals surface area (Å²) < 4.78 is 5.65. The molecule has 6 heteroatoms. The fourth-order valence-corrected chi connectivity index (χ4v) is 4.65. The first kappa shape index (κ1) is 27.0. The van der Waals surface area contributed by atoms with Gasteiger partial charge in [0.1, 0.15) is 5.75 Å². The summed E-state index contributed by atoms with van der Waals surface area (Å²) in [5.74, 6) is -0.697. The van der Waals surface area contributed by atoms with E-state index >= 15 is 0 Å². The number of allylic oxidation sites excluding steroid dienone is 1. The average Bonchev–Trinajstić information content (AvgIpc) is 2.93. The van der Waals surface area contributed by atoms with E-state index in [9.17, 15) is 9.59 Å². The van der Waals surface area contributed by atoms with Crippen molar-refractivity contribution in [1.29, 1.82) is 0 Å². The zero-order valence-electron chi connectivity index (χ0n) is 22.0. The predicted octanol–water partition coefficient (Wildman–Crippen LogP) is 5.31. The molecule has 1 fully saturated rings. The molecule has 0 spiro atoms. The van der Waals surface area contributed by atoms with Crippen molar-refractivity contribution in [1.82, 2.24) is 9.80 Å². The minimum atomic E-state index is -0.976. The molecule has 0 aromatic heterocycles. The number of aliphatic carboxylic acids is 1. The van der Waals surface area contributed by atoms with Gasteiger partial charge in [-0.25, -0.2) is 4.79 Å². The predicted molar refractivity (Wildman–Crippen MR) is 152 cm³/mol. The average molecular weight is 511 g/mol. The Morgan fingerprint density at radius 3 is 2.03 bits per heavy atom. The van der Waals surface area contributed by atoms with Crippen molar-refractivity contribution < 1.29 is 19.4 Å². The van der Waals surface area contributed by atoms with Gasteiger partial charge in [-0.2, -0.15) is 0 Å². The summed E-state index contributed by atoms with van der Waals surface area (Å²) in [5.41, 5.74) is 6.27. The summed E-state index contributed by atoms with van der Waals surface area (Å²) in [5, 5.41) is 8.94. The van der Waals surface area contributed by atoms with Crippen molar-refractivity contribution in [3.05, 3.63) is 107 Å². The first-order valence-electron chi connectivity index (χ1n) is 12.9. The molecule has 1 heterocycles. The van der Waals surface area contributed by atoms with E-state index in [4.69, 9.17) is 9.84 Å². The summed E-state index contributed by atoms with van der Waals surface area (Å²) in [6.45, 7) is 6.06. The van der Waals surface area contributed by atoms with Gasteiger partial charge in [-0.05, 0) is 65.1 Å². The van der Waals surface area contributed by atoms with Gasteiger partial charge in [0.25, 0.3) is 0 Å². The molecule has 0 atom stereocenters. The molecule has 196 valence electrons. The van der Waals surface area contributed by atoms with Gasteiger partial charge in [-0.15, -0.1) is 0 Å². The van der Waals surface area contributed by atoms with Crippen LogP contribution in [-0.2, 0) is 9.59 Å². The lowest BCUT2D eigenvalue weighted by molar-refractivity contribution is -0.136. The lowest BCUT2D eigenvalue weighted by Gasteiger charge is -2.31. The number of hydrogen-bond acceptors (Lipinski definition) is 5. The van der Waals surface area contributed by atoms with Crippen LogP contribution in [0.3, 0.4) is 0 Å². The van der Waals surface area contributed by atoms with Gasteiger partial charge < -0.3 is 14.7 Å². The van der Waals surface area contributed by atoms with Gasteiger partial charge in [0, 0.05) is 32.3 Å². The Labute approximate surface area is 224 Å². The maximum absolute atomic E-state index is 12.5. The molecule has 1 aliphatic rings. The van der Waals surface area contributed by atoms with Crippen molar-refractivity contribution >= 4 is 29.2 Å². The van der Waals surface area contributed by atoms with Crippen LogP contribution in [0.4, 0.5) is 0 Å². The Morgan fingerprint density at radius 1 is 0.842 bits per heavy atom. The molecule has 0 aliphatic carbocycles.